The molecule has 1 aromatic carbocycles. The van der Waals surface area contributed by atoms with Crippen molar-refractivity contribution in [2.75, 3.05) is 13.1 Å². The minimum atomic E-state index is -0.0102. The number of aromatic nitrogens is 2. The zero-order valence-electron chi connectivity index (χ0n) is 12.1. The first kappa shape index (κ1) is 14.3. The van der Waals surface area contributed by atoms with E-state index < -0.39 is 0 Å². The summed E-state index contributed by atoms with van der Waals surface area (Å²) in [6.07, 6.45) is 7.35. The van der Waals surface area contributed by atoms with E-state index in [1.54, 1.807) is 23.2 Å². The van der Waals surface area contributed by atoms with Crippen LogP contribution in [0.5, 0.6) is 5.88 Å². The van der Waals surface area contributed by atoms with Gasteiger partial charge in [-0.05, 0) is 11.6 Å². The maximum absolute atomic E-state index is 12.2. The van der Waals surface area contributed by atoms with Crippen LogP contribution in [-0.2, 0) is 4.79 Å². The number of likely N-dealkylation sites (tertiary alicyclic amines) is 1. The Morgan fingerprint density at radius 1 is 1.27 bits per heavy atom. The number of hydrogen-bond donors (Lipinski definition) is 0. The summed E-state index contributed by atoms with van der Waals surface area (Å²) in [6, 6.07) is 11.5. The normalized spacial score (nSPS) is 17.8. The number of carbonyl (C=O) groups excluding carboxylic acids is 1. The molecule has 3 rings (SSSR count). The molecule has 5 heteroatoms. The maximum atomic E-state index is 12.2. The summed E-state index contributed by atoms with van der Waals surface area (Å²) in [4.78, 5) is 21.9. The molecule has 1 aromatic heterocycles. The van der Waals surface area contributed by atoms with E-state index in [4.69, 9.17) is 4.74 Å². The zero-order chi connectivity index (χ0) is 15.2. The number of ether oxygens (including phenoxy) is 1. The first-order chi connectivity index (χ1) is 10.8. The van der Waals surface area contributed by atoms with Gasteiger partial charge in [0.2, 0.25) is 11.8 Å². The van der Waals surface area contributed by atoms with Crippen molar-refractivity contribution in [3.63, 3.8) is 0 Å². The number of rotatable bonds is 4. The van der Waals surface area contributed by atoms with Gasteiger partial charge in [0.25, 0.3) is 0 Å². The standard InChI is InChI=1S/C17H17N3O2/c21-17(7-6-14-4-2-1-3-5-14)20-11-9-15(12-20)22-16-8-10-18-13-19-16/h1-8,10,13,15H,9,11-12H2/b7-6+/t15-/m1/s1. The Bertz CT molecular complexity index is 643. The fraction of sp³-hybridized carbons (Fsp3) is 0.235. The van der Waals surface area contributed by atoms with E-state index in [0.717, 1.165) is 12.0 Å². The van der Waals surface area contributed by atoms with Crippen molar-refractivity contribution in [2.24, 2.45) is 0 Å². The average molecular weight is 295 g/mol. The molecule has 1 atom stereocenters. The largest absolute Gasteiger partial charge is 0.472 e. The minimum Gasteiger partial charge on any atom is -0.472 e. The van der Waals surface area contributed by atoms with Crippen molar-refractivity contribution in [2.45, 2.75) is 12.5 Å². The summed E-state index contributed by atoms with van der Waals surface area (Å²) in [5, 5.41) is 0. The van der Waals surface area contributed by atoms with Crippen LogP contribution in [0.1, 0.15) is 12.0 Å². The summed E-state index contributed by atoms with van der Waals surface area (Å²) in [5.41, 5.74) is 1.02. The summed E-state index contributed by atoms with van der Waals surface area (Å²) in [6.45, 7) is 1.29. The second kappa shape index (κ2) is 6.85. The molecule has 1 amide bonds. The lowest BCUT2D eigenvalue weighted by Gasteiger charge is -2.15. The second-order valence-corrected chi connectivity index (χ2v) is 5.10. The topological polar surface area (TPSA) is 55.3 Å². The third-order valence-electron chi connectivity index (χ3n) is 3.52. The average Bonchev–Trinajstić information content (AvgIpc) is 3.03. The van der Waals surface area contributed by atoms with Crippen molar-refractivity contribution in [1.29, 1.82) is 0 Å². The molecule has 1 saturated heterocycles. The van der Waals surface area contributed by atoms with Gasteiger partial charge >= 0.3 is 0 Å². The highest BCUT2D eigenvalue weighted by atomic mass is 16.5. The Hall–Kier alpha value is -2.69. The smallest absolute Gasteiger partial charge is 0.246 e. The first-order valence-corrected chi connectivity index (χ1v) is 7.26. The van der Waals surface area contributed by atoms with E-state index in [9.17, 15) is 4.79 Å². The second-order valence-electron chi connectivity index (χ2n) is 5.10. The van der Waals surface area contributed by atoms with Crippen LogP contribution in [0.3, 0.4) is 0 Å². The summed E-state index contributed by atoms with van der Waals surface area (Å²) in [5.74, 6) is 0.562. The molecule has 0 radical (unpaired) electrons. The van der Waals surface area contributed by atoms with Crippen molar-refractivity contribution < 1.29 is 9.53 Å². The molecule has 5 nitrogen and oxygen atoms in total. The molecule has 0 unspecified atom stereocenters. The maximum Gasteiger partial charge on any atom is 0.246 e. The molecule has 0 aliphatic carbocycles. The van der Waals surface area contributed by atoms with E-state index in [2.05, 4.69) is 9.97 Å². The van der Waals surface area contributed by atoms with E-state index >= 15 is 0 Å². The van der Waals surface area contributed by atoms with Gasteiger partial charge in [-0.15, -0.1) is 0 Å². The number of nitrogens with zero attached hydrogens (tertiary/aromatic N) is 3. The van der Waals surface area contributed by atoms with Crippen LogP contribution < -0.4 is 4.74 Å². The van der Waals surface area contributed by atoms with Gasteiger partial charge in [0.1, 0.15) is 12.4 Å². The molecule has 1 fully saturated rings. The number of hydrogen-bond acceptors (Lipinski definition) is 4. The predicted octanol–water partition coefficient (Wildman–Crippen LogP) is 2.17. The van der Waals surface area contributed by atoms with E-state index in [1.807, 2.05) is 36.4 Å². The number of amides is 1. The highest BCUT2D eigenvalue weighted by Gasteiger charge is 2.26. The van der Waals surface area contributed by atoms with Crippen molar-refractivity contribution in [3.8, 4) is 5.88 Å². The predicted molar refractivity (Wildman–Crippen MR) is 83.1 cm³/mol. The lowest BCUT2D eigenvalue weighted by molar-refractivity contribution is -0.125. The SMILES string of the molecule is O=C(/C=C/c1ccccc1)N1CC[C@@H](Oc2ccncn2)C1. The molecule has 0 bridgehead atoms. The lowest BCUT2D eigenvalue weighted by Crippen LogP contribution is -2.29. The van der Waals surface area contributed by atoms with Crippen molar-refractivity contribution >= 4 is 12.0 Å². The molecule has 2 heterocycles. The Morgan fingerprint density at radius 2 is 2.14 bits per heavy atom. The highest BCUT2D eigenvalue weighted by Crippen LogP contribution is 2.16. The van der Waals surface area contributed by atoms with Crippen LogP contribution in [0.4, 0.5) is 0 Å². The quantitative estimate of drug-likeness (QED) is 0.811. The Kier molecular flexibility index (Phi) is 4.44. The van der Waals surface area contributed by atoms with Crippen LogP contribution in [0.25, 0.3) is 6.08 Å². The molecular weight excluding hydrogens is 278 g/mol. The minimum absolute atomic E-state index is 0.0102. The van der Waals surface area contributed by atoms with E-state index in [1.165, 1.54) is 6.33 Å². The first-order valence-electron chi connectivity index (χ1n) is 7.26. The Labute approximate surface area is 129 Å². The monoisotopic (exact) mass is 295 g/mol. The molecule has 1 aliphatic heterocycles. The number of benzene rings is 1. The Balaban J connectivity index is 1.54. The van der Waals surface area contributed by atoms with E-state index in [-0.39, 0.29) is 12.0 Å². The molecule has 0 saturated carbocycles. The Morgan fingerprint density at radius 3 is 2.91 bits per heavy atom. The fourth-order valence-corrected chi connectivity index (χ4v) is 2.38. The molecule has 1 aliphatic rings. The van der Waals surface area contributed by atoms with Gasteiger partial charge in [-0.1, -0.05) is 30.3 Å². The van der Waals surface area contributed by atoms with E-state index in [0.29, 0.717) is 19.0 Å². The van der Waals surface area contributed by atoms with Gasteiger partial charge in [0.05, 0.1) is 6.54 Å². The summed E-state index contributed by atoms with van der Waals surface area (Å²) in [7, 11) is 0. The molecule has 0 N–H and O–H groups in total. The van der Waals surface area contributed by atoms with Crippen molar-refractivity contribution in [3.05, 3.63) is 60.6 Å². The van der Waals surface area contributed by atoms with Crippen LogP contribution in [0.15, 0.2) is 55.0 Å². The molecule has 0 spiro atoms. The van der Waals surface area contributed by atoms with Crippen LogP contribution in [0.2, 0.25) is 0 Å². The number of carbonyl (C=O) groups is 1. The molecular formula is C17H17N3O2. The fourth-order valence-electron chi connectivity index (χ4n) is 2.38. The van der Waals surface area contributed by atoms with Gasteiger partial charge < -0.3 is 9.64 Å². The van der Waals surface area contributed by atoms with Gasteiger partial charge in [-0.25, -0.2) is 9.97 Å². The van der Waals surface area contributed by atoms with Crippen LogP contribution >= 0.6 is 0 Å². The van der Waals surface area contributed by atoms with Gasteiger partial charge in [0.15, 0.2) is 0 Å². The van der Waals surface area contributed by atoms with Gasteiger partial charge in [-0.3, -0.25) is 4.79 Å². The highest BCUT2D eigenvalue weighted by molar-refractivity contribution is 5.91. The van der Waals surface area contributed by atoms with Gasteiger partial charge in [0, 0.05) is 31.3 Å². The van der Waals surface area contributed by atoms with Gasteiger partial charge in [-0.2, -0.15) is 0 Å². The third-order valence-corrected chi connectivity index (χ3v) is 3.52. The van der Waals surface area contributed by atoms with Crippen LogP contribution in [-0.4, -0.2) is 40.0 Å². The lowest BCUT2D eigenvalue weighted by atomic mass is 10.2. The summed E-state index contributed by atoms with van der Waals surface area (Å²) >= 11 is 0. The summed E-state index contributed by atoms with van der Waals surface area (Å²) < 4.78 is 5.75. The molecule has 112 valence electrons. The van der Waals surface area contributed by atoms with Crippen molar-refractivity contribution in [1.82, 2.24) is 14.9 Å². The molecule has 22 heavy (non-hydrogen) atoms. The third kappa shape index (κ3) is 3.69. The zero-order valence-corrected chi connectivity index (χ0v) is 12.1. The molecule has 2 aromatic rings. The van der Waals surface area contributed by atoms with Crippen LogP contribution in [0, 0.1) is 0 Å².